The van der Waals surface area contributed by atoms with E-state index in [1.54, 1.807) is 0 Å². The number of likely N-dealkylation sites (tertiary alicyclic amines) is 1. The topological polar surface area (TPSA) is 67.4 Å². The molecule has 7 heteroatoms. The van der Waals surface area contributed by atoms with Gasteiger partial charge in [0.05, 0.1) is 12.3 Å². The molecule has 0 radical (unpaired) electrons. The fraction of sp³-hybridized carbons (Fsp3) is 0.542. The Morgan fingerprint density at radius 1 is 1.13 bits per heavy atom. The van der Waals surface area contributed by atoms with Crippen LogP contribution in [0.3, 0.4) is 0 Å². The number of hydrogen-bond donors (Lipinski definition) is 1. The Hall–Kier alpha value is -2.02. The number of rotatable bonds is 2. The molecule has 1 atom stereocenters. The van der Waals surface area contributed by atoms with Gasteiger partial charge >= 0.3 is 0 Å². The summed E-state index contributed by atoms with van der Waals surface area (Å²) in [7, 11) is 0. The molecular weight excluding hydrogens is 412 g/mol. The third-order valence-electron chi connectivity index (χ3n) is 6.89. The number of amides is 1. The maximum atomic E-state index is 13.1. The Labute approximate surface area is 190 Å². The van der Waals surface area contributed by atoms with Gasteiger partial charge in [-0.1, -0.05) is 30.3 Å². The fourth-order valence-corrected chi connectivity index (χ4v) is 5.13. The molecule has 3 aliphatic heterocycles. The molecule has 0 aliphatic carbocycles. The van der Waals surface area contributed by atoms with E-state index < -0.39 is 0 Å². The van der Waals surface area contributed by atoms with Crippen molar-refractivity contribution in [2.24, 2.45) is 5.92 Å². The molecule has 6 nitrogen and oxygen atoms in total. The first-order valence-electron chi connectivity index (χ1n) is 11.3. The van der Waals surface area contributed by atoms with Gasteiger partial charge in [-0.25, -0.2) is 9.97 Å². The number of halogens is 1. The molecule has 1 aromatic heterocycles. The minimum Gasteiger partial charge on any atom is -0.368 e. The summed E-state index contributed by atoms with van der Waals surface area (Å²) in [6.45, 7) is 4.16. The van der Waals surface area contributed by atoms with E-state index in [-0.39, 0.29) is 23.9 Å². The maximum absolute atomic E-state index is 13.1. The number of benzene rings is 1. The van der Waals surface area contributed by atoms with E-state index in [0.29, 0.717) is 12.5 Å². The van der Waals surface area contributed by atoms with E-state index in [1.165, 1.54) is 5.56 Å². The first-order chi connectivity index (χ1) is 14.8. The van der Waals surface area contributed by atoms with Gasteiger partial charge in [-0.05, 0) is 57.2 Å². The Bertz CT molecular complexity index is 892. The average molecular weight is 443 g/mol. The van der Waals surface area contributed by atoms with Gasteiger partial charge < -0.3 is 15.0 Å². The van der Waals surface area contributed by atoms with Gasteiger partial charge in [0.2, 0.25) is 5.91 Å². The number of hydrogen-bond acceptors (Lipinski definition) is 5. The zero-order valence-electron chi connectivity index (χ0n) is 17.9. The number of fused-ring (bicyclic) bond motifs is 2. The molecule has 31 heavy (non-hydrogen) atoms. The number of nitrogens with one attached hydrogen (secondary N) is 1. The van der Waals surface area contributed by atoms with Crippen LogP contribution in [0.25, 0.3) is 11.4 Å². The van der Waals surface area contributed by atoms with Crippen molar-refractivity contribution in [2.75, 3.05) is 32.8 Å². The number of carbonyl (C=O) groups is 1. The molecule has 4 heterocycles. The average Bonchev–Trinajstić information content (AvgIpc) is 3.10. The molecule has 0 saturated carbocycles. The van der Waals surface area contributed by atoms with Crippen LogP contribution in [0.5, 0.6) is 0 Å². The standard InChI is InChI=1S/C24H30N4O2.ClH/c29-23(19-7-4-12-25-13-8-19)28-14-10-24(11-15-28)21-20(9-16-30-24)17-26-22(27-21)18-5-2-1-3-6-18;/h1-3,5-6,17,19,25H,4,7-16H2;1H. The Morgan fingerprint density at radius 2 is 1.94 bits per heavy atom. The third kappa shape index (κ3) is 4.47. The second-order valence-corrected chi connectivity index (χ2v) is 8.73. The van der Waals surface area contributed by atoms with Crippen LogP contribution in [0.1, 0.15) is 43.4 Å². The molecule has 1 N–H and O–H groups in total. The lowest BCUT2D eigenvalue weighted by Gasteiger charge is -2.44. The predicted octanol–water partition coefficient (Wildman–Crippen LogP) is 3.35. The highest BCUT2D eigenvalue weighted by molar-refractivity contribution is 5.85. The zero-order valence-corrected chi connectivity index (χ0v) is 18.7. The molecule has 2 fully saturated rings. The van der Waals surface area contributed by atoms with Gasteiger partial charge in [-0.2, -0.15) is 0 Å². The second-order valence-electron chi connectivity index (χ2n) is 8.73. The van der Waals surface area contributed by atoms with Gasteiger partial charge in [0.1, 0.15) is 5.60 Å². The van der Waals surface area contributed by atoms with Crippen LogP contribution in [-0.2, 0) is 21.6 Å². The van der Waals surface area contributed by atoms with E-state index in [4.69, 9.17) is 9.72 Å². The van der Waals surface area contributed by atoms with Gasteiger partial charge in [-0.15, -0.1) is 12.4 Å². The molecule has 1 aromatic carbocycles. The van der Waals surface area contributed by atoms with Gasteiger partial charge in [0.25, 0.3) is 0 Å². The van der Waals surface area contributed by atoms with Crippen molar-refractivity contribution in [2.45, 2.75) is 44.1 Å². The van der Waals surface area contributed by atoms with Gasteiger partial charge in [0, 0.05) is 30.8 Å². The third-order valence-corrected chi connectivity index (χ3v) is 6.89. The summed E-state index contributed by atoms with van der Waals surface area (Å²) in [5.74, 6) is 1.25. The maximum Gasteiger partial charge on any atom is 0.225 e. The molecule has 166 valence electrons. The molecule has 1 unspecified atom stereocenters. The number of ether oxygens (including phenoxy) is 1. The van der Waals surface area contributed by atoms with Crippen molar-refractivity contribution >= 4 is 18.3 Å². The molecule has 0 bridgehead atoms. The van der Waals surface area contributed by atoms with Crippen LogP contribution >= 0.6 is 12.4 Å². The normalized spacial score (nSPS) is 22.8. The largest absolute Gasteiger partial charge is 0.368 e. The summed E-state index contributed by atoms with van der Waals surface area (Å²) in [4.78, 5) is 24.8. The SMILES string of the molecule is Cl.O=C(C1CCCNCC1)N1CCC2(CC1)OCCc1cnc(-c3ccccc3)nc12. The van der Waals surface area contributed by atoms with Crippen LogP contribution in [0.15, 0.2) is 36.5 Å². The molecule has 2 aromatic rings. The number of aromatic nitrogens is 2. The van der Waals surface area contributed by atoms with E-state index in [1.807, 2.05) is 36.5 Å². The van der Waals surface area contributed by atoms with E-state index >= 15 is 0 Å². The quantitative estimate of drug-likeness (QED) is 0.772. The lowest BCUT2D eigenvalue weighted by molar-refractivity contribution is -0.145. The summed E-state index contributed by atoms with van der Waals surface area (Å²) in [6, 6.07) is 10.1. The van der Waals surface area contributed by atoms with Crippen LogP contribution in [0.2, 0.25) is 0 Å². The molecule has 1 amide bonds. The summed E-state index contributed by atoms with van der Waals surface area (Å²) < 4.78 is 6.38. The molecule has 2 saturated heterocycles. The molecule has 3 aliphatic rings. The van der Waals surface area contributed by atoms with Crippen molar-refractivity contribution in [3.05, 3.63) is 47.8 Å². The molecule has 1 spiro atoms. The summed E-state index contributed by atoms with van der Waals surface area (Å²) in [5.41, 5.74) is 2.86. The van der Waals surface area contributed by atoms with E-state index in [9.17, 15) is 4.79 Å². The van der Waals surface area contributed by atoms with Gasteiger partial charge in [0.15, 0.2) is 5.82 Å². The number of nitrogens with zero attached hydrogens (tertiary/aromatic N) is 3. The Kier molecular flexibility index (Phi) is 6.89. The highest BCUT2D eigenvalue weighted by Crippen LogP contribution is 2.41. The van der Waals surface area contributed by atoms with Gasteiger partial charge in [-0.3, -0.25) is 4.79 Å². The van der Waals surface area contributed by atoms with E-state index in [2.05, 4.69) is 15.2 Å². The Balaban J connectivity index is 0.00000231. The Morgan fingerprint density at radius 3 is 2.74 bits per heavy atom. The van der Waals surface area contributed by atoms with Crippen LogP contribution in [0, 0.1) is 5.92 Å². The molecule has 5 rings (SSSR count). The van der Waals surface area contributed by atoms with Crippen molar-refractivity contribution in [3.8, 4) is 11.4 Å². The minimum atomic E-state index is -0.387. The second kappa shape index (κ2) is 9.63. The van der Waals surface area contributed by atoms with Crippen molar-refractivity contribution in [1.29, 1.82) is 0 Å². The van der Waals surface area contributed by atoms with E-state index in [0.717, 1.165) is 81.8 Å². The summed E-state index contributed by atoms with van der Waals surface area (Å²) >= 11 is 0. The number of carbonyl (C=O) groups excluding carboxylic acids is 1. The highest BCUT2D eigenvalue weighted by atomic mass is 35.5. The van der Waals surface area contributed by atoms with Crippen molar-refractivity contribution < 1.29 is 9.53 Å². The lowest BCUT2D eigenvalue weighted by Crippen LogP contribution is -2.50. The van der Waals surface area contributed by atoms with Crippen molar-refractivity contribution in [1.82, 2.24) is 20.2 Å². The monoisotopic (exact) mass is 442 g/mol. The molecular formula is C24H31ClN4O2. The number of piperidine rings is 1. The first kappa shape index (κ1) is 22.2. The summed E-state index contributed by atoms with van der Waals surface area (Å²) in [6.07, 6.45) is 7.48. The first-order valence-corrected chi connectivity index (χ1v) is 11.3. The van der Waals surface area contributed by atoms with Crippen molar-refractivity contribution in [3.63, 3.8) is 0 Å². The lowest BCUT2D eigenvalue weighted by atomic mass is 9.82. The van der Waals surface area contributed by atoms with Crippen LogP contribution in [-0.4, -0.2) is 53.6 Å². The minimum absolute atomic E-state index is 0. The highest BCUT2D eigenvalue weighted by Gasteiger charge is 2.44. The summed E-state index contributed by atoms with van der Waals surface area (Å²) in [5, 5.41) is 3.41. The van der Waals surface area contributed by atoms with Crippen LogP contribution in [0.4, 0.5) is 0 Å². The fourth-order valence-electron chi connectivity index (χ4n) is 5.13. The predicted molar refractivity (Wildman–Crippen MR) is 122 cm³/mol. The zero-order chi connectivity index (χ0) is 20.4. The smallest absolute Gasteiger partial charge is 0.225 e. The van der Waals surface area contributed by atoms with Crippen LogP contribution < -0.4 is 5.32 Å².